The van der Waals surface area contributed by atoms with Gasteiger partial charge in [-0.2, -0.15) is 0 Å². The Hall–Kier alpha value is -2.06. The van der Waals surface area contributed by atoms with E-state index >= 15 is 0 Å². The van der Waals surface area contributed by atoms with Gasteiger partial charge in [0.1, 0.15) is 6.04 Å². The molecule has 0 aliphatic carbocycles. The lowest BCUT2D eigenvalue weighted by atomic mass is 10.2. The monoisotopic (exact) mass is 285 g/mol. The van der Waals surface area contributed by atoms with Crippen LogP contribution in [0.3, 0.4) is 0 Å². The fourth-order valence-corrected chi connectivity index (χ4v) is 2.08. The minimum atomic E-state index is -1.21. The number of nitrogens with zero attached hydrogens (tertiary/aromatic N) is 1. The molecule has 0 spiro atoms. The van der Waals surface area contributed by atoms with Gasteiger partial charge in [0, 0.05) is 17.1 Å². The van der Waals surface area contributed by atoms with E-state index in [2.05, 4.69) is 10.3 Å². The number of carbonyl (C=O) groups is 1. The summed E-state index contributed by atoms with van der Waals surface area (Å²) >= 11 is 1.12. The van der Waals surface area contributed by atoms with Crippen LogP contribution in [0.15, 0.2) is 23.6 Å². The summed E-state index contributed by atoms with van der Waals surface area (Å²) < 4.78 is 25.7. The number of nitrogens with two attached hydrogens (primary N) is 1. The molecule has 1 aromatic heterocycles. The van der Waals surface area contributed by atoms with E-state index < -0.39 is 23.6 Å². The number of thiazole rings is 1. The molecule has 0 fully saturated rings. The Balaban J connectivity index is 2.15. The van der Waals surface area contributed by atoms with Crippen molar-refractivity contribution in [2.75, 3.05) is 5.32 Å². The number of aliphatic carboxylic acids is 1. The standard InChI is InChI=1S/C11H9F2N3O2S/c12-6-2-1-5(3-7(6)13)15-11-16-8(4-19-11)9(14)10(17)18/h1-4,9H,14H2,(H,15,16)(H,17,18). The minimum absolute atomic E-state index is 0.197. The molecule has 0 aliphatic heterocycles. The van der Waals surface area contributed by atoms with Crippen LogP contribution in [-0.4, -0.2) is 16.1 Å². The number of carboxylic acids is 1. The van der Waals surface area contributed by atoms with Crippen molar-refractivity contribution in [3.05, 3.63) is 40.9 Å². The molecule has 1 aromatic carbocycles. The van der Waals surface area contributed by atoms with Crippen molar-refractivity contribution < 1.29 is 18.7 Å². The second-order valence-electron chi connectivity index (χ2n) is 3.65. The summed E-state index contributed by atoms with van der Waals surface area (Å²) in [6.45, 7) is 0. The Labute approximate surface area is 110 Å². The lowest BCUT2D eigenvalue weighted by Crippen LogP contribution is -2.20. The number of hydrogen-bond donors (Lipinski definition) is 3. The molecule has 0 saturated carbocycles. The molecule has 1 heterocycles. The van der Waals surface area contributed by atoms with Crippen molar-refractivity contribution in [1.82, 2.24) is 4.98 Å². The number of aromatic nitrogens is 1. The Morgan fingerprint density at radius 1 is 1.42 bits per heavy atom. The summed E-state index contributed by atoms with van der Waals surface area (Å²) in [5, 5.41) is 13.3. The maximum absolute atomic E-state index is 13.0. The average molecular weight is 285 g/mol. The first kappa shape index (κ1) is 13.4. The van der Waals surface area contributed by atoms with Gasteiger partial charge >= 0.3 is 5.97 Å². The molecule has 0 amide bonds. The van der Waals surface area contributed by atoms with Gasteiger partial charge in [-0.1, -0.05) is 0 Å². The number of rotatable bonds is 4. The Morgan fingerprint density at radius 3 is 2.79 bits per heavy atom. The Bertz CT molecular complexity index is 618. The van der Waals surface area contributed by atoms with E-state index in [9.17, 15) is 13.6 Å². The van der Waals surface area contributed by atoms with Crippen LogP contribution in [0.1, 0.15) is 11.7 Å². The fraction of sp³-hybridized carbons (Fsp3) is 0.0909. The number of carboxylic acid groups (broad SMARTS) is 1. The van der Waals surface area contributed by atoms with E-state index in [0.717, 1.165) is 23.5 Å². The number of anilines is 2. The summed E-state index contributed by atoms with van der Waals surface area (Å²) in [5.41, 5.74) is 5.90. The van der Waals surface area contributed by atoms with Crippen molar-refractivity contribution in [2.24, 2.45) is 5.73 Å². The van der Waals surface area contributed by atoms with E-state index in [1.807, 2.05) is 0 Å². The fourth-order valence-electron chi connectivity index (χ4n) is 1.31. The molecule has 1 unspecified atom stereocenters. The maximum Gasteiger partial charge on any atom is 0.326 e. The van der Waals surface area contributed by atoms with Crippen LogP contribution in [0.2, 0.25) is 0 Å². The van der Waals surface area contributed by atoms with Crippen LogP contribution < -0.4 is 11.1 Å². The first-order valence-corrected chi connectivity index (χ1v) is 6.01. The first-order chi connectivity index (χ1) is 8.97. The molecular formula is C11H9F2N3O2S. The predicted octanol–water partition coefficient (Wildman–Crippen LogP) is 2.25. The van der Waals surface area contributed by atoms with Gasteiger partial charge < -0.3 is 16.2 Å². The van der Waals surface area contributed by atoms with Gasteiger partial charge in [0.25, 0.3) is 0 Å². The summed E-state index contributed by atoms with van der Waals surface area (Å²) in [6.07, 6.45) is 0. The van der Waals surface area contributed by atoms with E-state index in [-0.39, 0.29) is 5.69 Å². The molecule has 0 aliphatic rings. The molecule has 2 rings (SSSR count). The Morgan fingerprint density at radius 2 is 2.16 bits per heavy atom. The van der Waals surface area contributed by atoms with E-state index in [4.69, 9.17) is 10.8 Å². The second kappa shape index (κ2) is 5.29. The van der Waals surface area contributed by atoms with Crippen molar-refractivity contribution in [3.63, 3.8) is 0 Å². The van der Waals surface area contributed by atoms with Crippen LogP contribution >= 0.6 is 11.3 Å². The van der Waals surface area contributed by atoms with Gasteiger partial charge in [0.15, 0.2) is 16.8 Å². The molecule has 0 saturated heterocycles. The Kier molecular flexibility index (Phi) is 3.72. The van der Waals surface area contributed by atoms with Crippen LogP contribution in [0.5, 0.6) is 0 Å². The van der Waals surface area contributed by atoms with E-state index in [0.29, 0.717) is 10.8 Å². The quantitative estimate of drug-likeness (QED) is 0.802. The molecule has 19 heavy (non-hydrogen) atoms. The predicted molar refractivity (Wildman–Crippen MR) is 66.3 cm³/mol. The van der Waals surface area contributed by atoms with Crippen molar-refractivity contribution >= 4 is 28.1 Å². The molecular weight excluding hydrogens is 276 g/mol. The summed E-state index contributed by atoms with van der Waals surface area (Å²) in [7, 11) is 0. The molecule has 8 heteroatoms. The molecule has 0 bridgehead atoms. The van der Waals surface area contributed by atoms with Crippen molar-refractivity contribution in [2.45, 2.75) is 6.04 Å². The SMILES string of the molecule is NC(C(=O)O)c1csc(Nc2ccc(F)c(F)c2)n1. The molecule has 0 radical (unpaired) electrons. The van der Waals surface area contributed by atoms with Crippen LogP contribution in [0.4, 0.5) is 19.6 Å². The lowest BCUT2D eigenvalue weighted by Gasteiger charge is -2.03. The minimum Gasteiger partial charge on any atom is -0.480 e. The zero-order valence-corrected chi connectivity index (χ0v) is 10.2. The van der Waals surface area contributed by atoms with Crippen LogP contribution in [-0.2, 0) is 4.79 Å². The third-order valence-electron chi connectivity index (χ3n) is 2.28. The molecule has 1 atom stereocenters. The van der Waals surface area contributed by atoms with Crippen LogP contribution in [0.25, 0.3) is 0 Å². The van der Waals surface area contributed by atoms with Gasteiger partial charge in [-0.15, -0.1) is 11.3 Å². The number of benzene rings is 1. The summed E-state index contributed by atoms with van der Waals surface area (Å²) in [6, 6.07) is 2.09. The topological polar surface area (TPSA) is 88.2 Å². The third-order valence-corrected chi connectivity index (χ3v) is 3.05. The highest BCUT2D eigenvalue weighted by Gasteiger charge is 2.17. The highest BCUT2D eigenvalue weighted by atomic mass is 32.1. The second-order valence-corrected chi connectivity index (χ2v) is 4.51. The van der Waals surface area contributed by atoms with Gasteiger partial charge in [-0.05, 0) is 12.1 Å². The maximum atomic E-state index is 13.0. The van der Waals surface area contributed by atoms with E-state index in [1.165, 1.54) is 11.4 Å². The van der Waals surface area contributed by atoms with Gasteiger partial charge in [-0.3, -0.25) is 4.79 Å². The van der Waals surface area contributed by atoms with Crippen LogP contribution in [0, 0.1) is 11.6 Å². The highest BCUT2D eigenvalue weighted by Crippen LogP contribution is 2.24. The zero-order chi connectivity index (χ0) is 14.0. The average Bonchev–Trinajstić information content (AvgIpc) is 2.81. The van der Waals surface area contributed by atoms with Gasteiger partial charge in [-0.25, -0.2) is 13.8 Å². The molecule has 2 aromatic rings. The van der Waals surface area contributed by atoms with Crippen molar-refractivity contribution in [3.8, 4) is 0 Å². The van der Waals surface area contributed by atoms with Gasteiger partial charge in [0.05, 0.1) is 5.69 Å². The number of halogens is 2. The zero-order valence-electron chi connectivity index (χ0n) is 9.43. The van der Waals surface area contributed by atoms with Crippen molar-refractivity contribution in [1.29, 1.82) is 0 Å². The highest BCUT2D eigenvalue weighted by molar-refractivity contribution is 7.13. The first-order valence-electron chi connectivity index (χ1n) is 5.13. The van der Waals surface area contributed by atoms with E-state index in [1.54, 1.807) is 0 Å². The summed E-state index contributed by atoms with van der Waals surface area (Å²) in [4.78, 5) is 14.6. The summed E-state index contributed by atoms with van der Waals surface area (Å²) in [5.74, 6) is -3.12. The molecule has 4 N–H and O–H groups in total. The third kappa shape index (κ3) is 3.04. The number of nitrogens with one attached hydrogen (secondary N) is 1. The largest absolute Gasteiger partial charge is 0.480 e. The normalized spacial score (nSPS) is 12.2. The molecule has 5 nitrogen and oxygen atoms in total. The lowest BCUT2D eigenvalue weighted by molar-refractivity contribution is -0.138. The van der Waals surface area contributed by atoms with Gasteiger partial charge in [0.2, 0.25) is 0 Å². The molecule has 100 valence electrons. The number of hydrogen-bond acceptors (Lipinski definition) is 5. The smallest absolute Gasteiger partial charge is 0.326 e.